The van der Waals surface area contributed by atoms with Crippen molar-refractivity contribution in [3.05, 3.63) is 58.1 Å². The van der Waals surface area contributed by atoms with E-state index in [0.29, 0.717) is 53.6 Å². The molecule has 2 heterocycles. The van der Waals surface area contributed by atoms with Crippen molar-refractivity contribution in [2.45, 2.75) is 26.0 Å². The minimum Gasteiger partial charge on any atom is -0.497 e. The number of amides is 1. The van der Waals surface area contributed by atoms with Crippen molar-refractivity contribution in [1.82, 2.24) is 20.1 Å². The fourth-order valence-corrected chi connectivity index (χ4v) is 3.79. The van der Waals surface area contributed by atoms with Crippen molar-refractivity contribution in [1.29, 1.82) is 0 Å². The quantitative estimate of drug-likeness (QED) is 0.503. The third-order valence-corrected chi connectivity index (χ3v) is 5.45. The average molecular weight is 459 g/mol. The maximum atomic E-state index is 13.8. The second kappa shape index (κ2) is 9.92. The van der Waals surface area contributed by atoms with E-state index in [1.807, 2.05) is 24.3 Å². The molecule has 2 aromatic carbocycles. The molecular formula is C22H23FN4O4S. The molecule has 0 saturated carbocycles. The topological polar surface area (TPSA) is 90.4 Å². The molecule has 8 nitrogen and oxygen atoms in total. The number of halogens is 1. The Morgan fingerprint density at radius 1 is 1.34 bits per heavy atom. The fourth-order valence-electron chi connectivity index (χ4n) is 3.57. The Hall–Kier alpha value is -3.24. The molecule has 0 unspecified atom stereocenters. The van der Waals surface area contributed by atoms with Crippen molar-refractivity contribution in [2.75, 3.05) is 20.4 Å². The molecule has 0 saturated heterocycles. The first-order chi connectivity index (χ1) is 15.5. The number of hydrogen-bond donors (Lipinski definition) is 2. The number of benzene rings is 2. The Balaban J connectivity index is 1.34. The normalized spacial score (nSPS) is 12.7. The average Bonchev–Trinajstić information content (AvgIpc) is 3.17. The van der Waals surface area contributed by atoms with Crippen molar-refractivity contribution >= 4 is 18.1 Å². The number of nitrogens with one attached hydrogen (secondary N) is 2. The van der Waals surface area contributed by atoms with Gasteiger partial charge in [0.1, 0.15) is 17.3 Å². The van der Waals surface area contributed by atoms with Gasteiger partial charge in [-0.2, -0.15) is 5.10 Å². The fraction of sp³-hybridized carbons (Fsp3) is 0.318. The maximum absolute atomic E-state index is 13.8. The Labute approximate surface area is 189 Å². The summed E-state index contributed by atoms with van der Waals surface area (Å²) < 4.78 is 32.0. The van der Waals surface area contributed by atoms with Gasteiger partial charge in [0.05, 0.1) is 13.7 Å². The zero-order valence-corrected chi connectivity index (χ0v) is 18.3. The van der Waals surface area contributed by atoms with Crippen molar-refractivity contribution in [2.24, 2.45) is 0 Å². The molecule has 32 heavy (non-hydrogen) atoms. The number of nitrogens with zero attached hydrogens (tertiary/aromatic N) is 2. The molecule has 168 valence electrons. The third kappa shape index (κ3) is 4.97. The van der Waals surface area contributed by atoms with Crippen LogP contribution in [-0.4, -0.2) is 41.1 Å². The molecule has 4 rings (SSSR count). The summed E-state index contributed by atoms with van der Waals surface area (Å²) in [6, 6.07) is 10.3. The lowest BCUT2D eigenvalue weighted by molar-refractivity contribution is -0.121. The number of carbonyl (C=O) groups is 1. The molecule has 1 amide bonds. The third-order valence-electron chi connectivity index (χ3n) is 5.14. The molecule has 2 N–H and O–H groups in total. The zero-order valence-electron chi connectivity index (χ0n) is 17.5. The molecule has 1 aliphatic rings. The predicted molar refractivity (Wildman–Crippen MR) is 117 cm³/mol. The van der Waals surface area contributed by atoms with Gasteiger partial charge in [-0.15, -0.1) is 0 Å². The van der Waals surface area contributed by atoms with Crippen LogP contribution in [0.5, 0.6) is 11.5 Å². The largest absolute Gasteiger partial charge is 0.497 e. The maximum Gasteiger partial charge on any atom is 0.221 e. The van der Waals surface area contributed by atoms with Gasteiger partial charge in [0.25, 0.3) is 0 Å². The number of ether oxygens (including phenoxy) is 3. The van der Waals surface area contributed by atoms with Crippen LogP contribution in [0.3, 0.4) is 0 Å². The number of carbonyl (C=O) groups excluding carboxylic acids is 1. The molecule has 0 aliphatic carbocycles. The molecule has 1 aromatic heterocycles. The summed E-state index contributed by atoms with van der Waals surface area (Å²) in [4.78, 5) is 12.4. The lowest BCUT2D eigenvalue weighted by atomic mass is 10.1. The highest BCUT2D eigenvalue weighted by Crippen LogP contribution is 2.29. The van der Waals surface area contributed by atoms with Gasteiger partial charge in [0.2, 0.25) is 5.91 Å². The summed E-state index contributed by atoms with van der Waals surface area (Å²) in [5.41, 5.74) is 2.25. The lowest BCUT2D eigenvalue weighted by Gasteiger charge is -2.21. The van der Waals surface area contributed by atoms with Crippen LogP contribution in [0.2, 0.25) is 0 Å². The summed E-state index contributed by atoms with van der Waals surface area (Å²) in [5, 5.41) is 9.94. The van der Waals surface area contributed by atoms with Crippen LogP contribution in [0, 0.1) is 10.6 Å². The van der Waals surface area contributed by atoms with E-state index >= 15 is 0 Å². The van der Waals surface area contributed by atoms with Gasteiger partial charge in [-0.3, -0.25) is 14.5 Å². The number of fused-ring (bicyclic) bond motifs is 1. The van der Waals surface area contributed by atoms with E-state index in [1.165, 1.54) is 12.1 Å². The molecule has 10 heteroatoms. The number of aromatic nitrogens is 3. The van der Waals surface area contributed by atoms with Gasteiger partial charge < -0.3 is 19.5 Å². The van der Waals surface area contributed by atoms with Gasteiger partial charge in [-0.25, -0.2) is 4.39 Å². The highest BCUT2D eigenvalue weighted by molar-refractivity contribution is 7.71. The summed E-state index contributed by atoms with van der Waals surface area (Å²) in [6.07, 6.45) is 0.677. The van der Waals surface area contributed by atoms with E-state index in [0.717, 1.165) is 11.3 Å². The van der Waals surface area contributed by atoms with Crippen LogP contribution in [0.25, 0.3) is 11.4 Å². The molecule has 0 spiro atoms. The summed E-state index contributed by atoms with van der Waals surface area (Å²) in [6.45, 7) is 1.19. The SMILES string of the molecule is COc1ccc(-c2n[nH]c(=S)n2CCC(=O)NCCc2cc(F)cc3c2OCOC3)cc1. The molecule has 0 radical (unpaired) electrons. The Morgan fingerprint density at radius 3 is 2.94 bits per heavy atom. The number of methoxy groups -OCH3 is 1. The number of H-pyrrole nitrogens is 1. The molecular weight excluding hydrogens is 435 g/mol. The van der Waals surface area contributed by atoms with Gasteiger partial charge >= 0.3 is 0 Å². The predicted octanol–water partition coefficient (Wildman–Crippen LogP) is 3.37. The summed E-state index contributed by atoms with van der Waals surface area (Å²) in [5.74, 6) is 1.55. The van der Waals surface area contributed by atoms with Crippen LogP contribution in [-0.2, 0) is 29.1 Å². The monoisotopic (exact) mass is 458 g/mol. The standard InChI is InChI=1S/C22H23FN4O4S/c1-29-18-4-2-14(3-5-18)21-25-26-22(32)27(21)9-7-19(28)24-8-6-15-10-17(23)11-16-12-30-13-31-20(15)16/h2-5,10-11H,6-9,12-13H2,1H3,(H,24,28)(H,26,32). The minimum absolute atomic E-state index is 0.136. The first-order valence-corrected chi connectivity index (χ1v) is 10.5. The van der Waals surface area contributed by atoms with Gasteiger partial charge in [0.15, 0.2) is 17.4 Å². The lowest BCUT2D eigenvalue weighted by Crippen LogP contribution is -2.27. The molecule has 0 atom stereocenters. The van der Waals surface area contributed by atoms with Crippen LogP contribution >= 0.6 is 12.2 Å². The number of rotatable bonds is 8. The van der Waals surface area contributed by atoms with Crippen LogP contribution < -0.4 is 14.8 Å². The minimum atomic E-state index is -0.348. The van der Waals surface area contributed by atoms with Crippen LogP contribution in [0.1, 0.15) is 17.5 Å². The number of aromatic amines is 1. The molecule has 0 fully saturated rings. The molecule has 3 aromatic rings. The van der Waals surface area contributed by atoms with E-state index < -0.39 is 0 Å². The van der Waals surface area contributed by atoms with E-state index in [4.69, 9.17) is 26.4 Å². The van der Waals surface area contributed by atoms with E-state index in [2.05, 4.69) is 15.5 Å². The van der Waals surface area contributed by atoms with Crippen molar-refractivity contribution < 1.29 is 23.4 Å². The van der Waals surface area contributed by atoms with E-state index in [9.17, 15) is 9.18 Å². The van der Waals surface area contributed by atoms with Gasteiger partial charge in [0, 0.05) is 30.6 Å². The zero-order chi connectivity index (χ0) is 22.5. The Bertz CT molecular complexity index is 1160. The summed E-state index contributed by atoms with van der Waals surface area (Å²) >= 11 is 5.32. The molecule has 0 bridgehead atoms. The summed E-state index contributed by atoms with van der Waals surface area (Å²) in [7, 11) is 1.61. The first-order valence-electron chi connectivity index (χ1n) is 10.1. The van der Waals surface area contributed by atoms with Gasteiger partial charge in [-0.1, -0.05) is 0 Å². The van der Waals surface area contributed by atoms with Crippen molar-refractivity contribution in [3.8, 4) is 22.9 Å². The highest BCUT2D eigenvalue weighted by atomic mass is 32.1. The smallest absolute Gasteiger partial charge is 0.221 e. The second-order valence-corrected chi connectivity index (χ2v) is 7.63. The Morgan fingerprint density at radius 2 is 2.16 bits per heavy atom. The Kier molecular flexibility index (Phi) is 6.81. The first kappa shape index (κ1) is 22.0. The van der Waals surface area contributed by atoms with Crippen LogP contribution in [0.4, 0.5) is 4.39 Å². The van der Waals surface area contributed by atoms with E-state index in [-0.39, 0.29) is 24.9 Å². The van der Waals surface area contributed by atoms with Crippen molar-refractivity contribution in [3.63, 3.8) is 0 Å². The van der Waals surface area contributed by atoms with Gasteiger partial charge in [-0.05, 0) is 60.6 Å². The highest BCUT2D eigenvalue weighted by Gasteiger charge is 2.17. The van der Waals surface area contributed by atoms with Crippen LogP contribution in [0.15, 0.2) is 36.4 Å². The van der Waals surface area contributed by atoms with E-state index in [1.54, 1.807) is 11.7 Å². The number of hydrogen-bond acceptors (Lipinski definition) is 6. The molecule has 1 aliphatic heterocycles. The second-order valence-electron chi connectivity index (χ2n) is 7.25.